The van der Waals surface area contributed by atoms with Crippen LogP contribution in [0.15, 0.2) is 0 Å². The van der Waals surface area contributed by atoms with Gasteiger partial charge in [0.2, 0.25) is 0 Å². The molecule has 0 bridgehead atoms. The molecule has 0 amide bonds. The van der Waals surface area contributed by atoms with Crippen LogP contribution in [-0.4, -0.2) is 16.4 Å². The lowest BCUT2D eigenvalue weighted by molar-refractivity contribution is -0.136. The number of carboxylic acids is 1. The lowest BCUT2D eigenvalue weighted by atomic mass is 10.7. The maximum Gasteiger partial charge on any atom is 0.330 e. The Labute approximate surface area is 40.6 Å². The molecule has 0 saturated heterocycles. The average Bonchev–Trinajstić information content (AvgIpc) is 1.36. The summed E-state index contributed by atoms with van der Waals surface area (Å²) in [5.41, 5.74) is 4.70. The van der Waals surface area contributed by atoms with Gasteiger partial charge in [-0.1, -0.05) is 0 Å². The SMILES string of the molecule is N[C@@H](S)C(=O)O. The number of hydrogen-bond donors (Lipinski definition) is 3. The van der Waals surface area contributed by atoms with Crippen molar-refractivity contribution in [3.8, 4) is 0 Å². The monoisotopic (exact) mass is 107 g/mol. The number of hydrogen-bond acceptors (Lipinski definition) is 3. The van der Waals surface area contributed by atoms with Gasteiger partial charge in [-0.05, 0) is 0 Å². The molecule has 4 heteroatoms. The zero-order valence-corrected chi connectivity index (χ0v) is 3.85. The number of aliphatic carboxylic acids is 1. The maximum absolute atomic E-state index is 9.50. The minimum Gasteiger partial charge on any atom is -0.479 e. The largest absolute Gasteiger partial charge is 0.479 e. The van der Waals surface area contributed by atoms with Crippen LogP contribution in [0, 0.1) is 0 Å². The Morgan fingerprint density at radius 3 is 2.17 bits per heavy atom. The zero-order valence-electron chi connectivity index (χ0n) is 2.96. The Morgan fingerprint density at radius 1 is 2.00 bits per heavy atom. The fourth-order valence-corrected chi connectivity index (χ4v) is 0. The van der Waals surface area contributed by atoms with E-state index in [1.807, 2.05) is 0 Å². The van der Waals surface area contributed by atoms with Crippen LogP contribution in [0.3, 0.4) is 0 Å². The van der Waals surface area contributed by atoms with Crippen molar-refractivity contribution in [2.24, 2.45) is 5.73 Å². The molecule has 36 valence electrons. The molecule has 0 aromatic carbocycles. The smallest absolute Gasteiger partial charge is 0.330 e. The van der Waals surface area contributed by atoms with Crippen LogP contribution in [0.5, 0.6) is 0 Å². The maximum atomic E-state index is 9.50. The quantitative estimate of drug-likeness (QED) is 0.306. The highest BCUT2D eigenvalue weighted by Crippen LogP contribution is 1.79. The summed E-state index contributed by atoms with van der Waals surface area (Å²) in [4.78, 5) is 9.50. The molecule has 0 aromatic heterocycles. The number of thiol groups is 1. The van der Waals surface area contributed by atoms with Gasteiger partial charge in [0.05, 0.1) is 0 Å². The first-order valence-corrected chi connectivity index (χ1v) is 1.82. The van der Waals surface area contributed by atoms with Gasteiger partial charge in [-0.3, -0.25) is 0 Å². The standard InChI is InChI=1S/C2H5NO2S/c3-1(6)2(4)5/h1,6H,3H2,(H,4,5)/t1-/m0/s1. The van der Waals surface area contributed by atoms with Crippen LogP contribution in [0.25, 0.3) is 0 Å². The van der Waals surface area contributed by atoms with E-state index in [-0.39, 0.29) is 0 Å². The Balaban J connectivity index is 3.26. The first kappa shape index (κ1) is 5.78. The van der Waals surface area contributed by atoms with Crippen molar-refractivity contribution in [1.29, 1.82) is 0 Å². The van der Waals surface area contributed by atoms with Gasteiger partial charge in [-0.2, -0.15) is 0 Å². The van der Waals surface area contributed by atoms with Gasteiger partial charge in [-0.15, -0.1) is 12.6 Å². The molecule has 0 heterocycles. The molecule has 3 nitrogen and oxygen atoms in total. The van der Waals surface area contributed by atoms with Crippen LogP contribution in [0.1, 0.15) is 0 Å². The van der Waals surface area contributed by atoms with Gasteiger partial charge >= 0.3 is 5.97 Å². The van der Waals surface area contributed by atoms with Crippen molar-refractivity contribution in [2.45, 2.75) is 5.37 Å². The Bertz CT molecular complexity index is 62.6. The van der Waals surface area contributed by atoms with Crippen LogP contribution in [0.2, 0.25) is 0 Å². The Hall–Kier alpha value is -0.220. The first-order chi connectivity index (χ1) is 2.64. The molecule has 0 aliphatic rings. The molecular formula is C2H5NO2S. The van der Waals surface area contributed by atoms with E-state index < -0.39 is 11.3 Å². The minimum absolute atomic E-state index is 1.04. The number of carboxylic acid groups (broad SMARTS) is 1. The third-order valence-electron chi connectivity index (χ3n) is 0.253. The van der Waals surface area contributed by atoms with Crippen LogP contribution >= 0.6 is 12.6 Å². The summed E-state index contributed by atoms with van der Waals surface area (Å²) in [5, 5.41) is 6.75. The fourth-order valence-electron chi connectivity index (χ4n) is 0. The Kier molecular flexibility index (Phi) is 1.97. The van der Waals surface area contributed by atoms with Gasteiger partial charge in [0.1, 0.15) is 5.37 Å². The van der Waals surface area contributed by atoms with E-state index in [1.54, 1.807) is 0 Å². The average molecular weight is 107 g/mol. The van der Waals surface area contributed by atoms with E-state index in [9.17, 15) is 4.79 Å². The summed E-state index contributed by atoms with van der Waals surface area (Å²) in [6.45, 7) is 0. The molecule has 0 aliphatic heterocycles. The van der Waals surface area contributed by atoms with Gasteiger partial charge < -0.3 is 10.8 Å². The van der Waals surface area contributed by atoms with Gasteiger partial charge in [0.25, 0.3) is 0 Å². The second-order valence-corrected chi connectivity index (χ2v) is 1.34. The molecule has 0 aliphatic carbocycles. The molecule has 3 N–H and O–H groups in total. The molecule has 0 saturated carbocycles. The van der Waals surface area contributed by atoms with Crippen molar-refractivity contribution in [3.63, 3.8) is 0 Å². The number of rotatable bonds is 1. The zero-order chi connectivity index (χ0) is 5.15. The minimum atomic E-state index is -1.10. The lowest BCUT2D eigenvalue weighted by Crippen LogP contribution is -2.22. The summed E-state index contributed by atoms with van der Waals surface area (Å²) in [5.74, 6) is -1.10. The molecule has 0 rings (SSSR count). The normalized spacial score (nSPS) is 13.7. The molecular weight excluding hydrogens is 102 g/mol. The molecule has 1 atom stereocenters. The van der Waals surface area contributed by atoms with Crippen molar-refractivity contribution in [3.05, 3.63) is 0 Å². The molecule has 0 unspecified atom stereocenters. The van der Waals surface area contributed by atoms with Crippen LogP contribution in [0.4, 0.5) is 0 Å². The molecule has 0 radical (unpaired) electrons. The third-order valence-corrected chi connectivity index (χ3v) is 0.474. The van der Waals surface area contributed by atoms with E-state index in [2.05, 4.69) is 12.6 Å². The van der Waals surface area contributed by atoms with Crippen LogP contribution < -0.4 is 5.73 Å². The number of carbonyl (C=O) groups is 1. The highest BCUT2D eigenvalue weighted by atomic mass is 32.1. The van der Waals surface area contributed by atoms with Crippen molar-refractivity contribution in [2.75, 3.05) is 0 Å². The lowest BCUT2D eigenvalue weighted by Gasteiger charge is -1.89. The molecule has 0 fully saturated rings. The van der Waals surface area contributed by atoms with Crippen molar-refractivity contribution >= 4 is 18.6 Å². The predicted molar refractivity (Wildman–Crippen MR) is 24.6 cm³/mol. The third kappa shape index (κ3) is 2.04. The summed E-state index contributed by atoms with van der Waals surface area (Å²) in [6.07, 6.45) is 0. The Morgan fingerprint density at radius 2 is 2.17 bits per heavy atom. The summed E-state index contributed by atoms with van der Waals surface area (Å²) < 4.78 is 0. The van der Waals surface area contributed by atoms with E-state index in [0.717, 1.165) is 0 Å². The van der Waals surface area contributed by atoms with E-state index in [0.29, 0.717) is 0 Å². The fraction of sp³-hybridized carbons (Fsp3) is 0.500. The summed E-state index contributed by atoms with van der Waals surface area (Å²) in [7, 11) is 0. The van der Waals surface area contributed by atoms with Gasteiger partial charge in [0.15, 0.2) is 0 Å². The predicted octanol–water partition coefficient (Wildman–Crippen LogP) is -0.714. The molecule has 0 aromatic rings. The van der Waals surface area contributed by atoms with E-state index in [1.165, 1.54) is 0 Å². The second-order valence-electron chi connectivity index (χ2n) is 0.783. The second kappa shape index (κ2) is 2.04. The van der Waals surface area contributed by atoms with Gasteiger partial charge in [-0.25, -0.2) is 4.79 Å². The molecule has 0 spiro atoms. The summed E-state index contributed by atoms with van der Waals surface area (Å²) >= 11 is 3.37. The highest BCUT2D eigenvalue weighted by molar-refractivity contribution is 7.81. The molecule has 6 heavy (non-hydrogen) atoms. The van der Waals surface area contributed by atoms with E-state index in [4.69, 9.17) is 10.8 Å². The number of nitrogens with two attached hydrogens (primary N) is 1. The van der Waals surface area contributed by atoms with Crippen molar-refractivity contribution in [1.82, 2.24) is 0 Å². The summed E-state index contributed by atoms with van der Waals surface area (Å²) in [6, 6.07) is 0. The van der Waals surface area contributed by atoms with Gasteiger partial charge in [0, 0.05) is 0 Å². The van der Waals surface area contributed by atoms with E-state index >= 15 is 0 Å². The highest BCUT2D eigenvalue weighted by Gasteiger charge is 2.00. The van der Waals surface area contributed by atoms with Crippen LogP contribution in [-0.2, 0) is 4.79 Å². The first-order valence-electron chi connectivity index (χ1n) is 1.31. The van der Waals surface area contributed by atoms with Crippen molar-refractivity contribution < 1.29 is 9.90 Å². The topological polar surface area (TPSA) is 63.3 Å².